The van der Waals surface area contributed by atoms with Crippen LogP contribution in [0.15, 0.2) is 41.3 Å². The van der Waals surface area contributed by atoms with Crippen LogP contribution in [0, 0.1) is 19.8 Å². The van der Waals surface area contributed by atoms with Gasteiger partial charge in [-0.2, -0.15) is 0 Å². The molecule has 0 unspecified atom stereocenters. The van der Waals surface area contributed by atoms with E-state index in [2.05, 4.69) is 4.72 Å². The van der Waals surface area contributed by atoms with Crippen LogP contribution < -0.4 is 10.5 Å². The molecule has 30 heavy (non-hydrogen) atoms. The monoisotopic (exact) mass is 449 g/mol. The van der Waals surface area contributed by atoms with Crippen molar-refractivity contribution in [3.05, 3.63) is 58.1 Å². The zero-order chi connectivity index (χ0) is 22.1. The van der Waals surface area contributed by atoms with Crippen LogP contribution in [0.2, 0.25) is 5.02 Å². The average molecular weight is 450 g/mol. The first-order valence-corrected chi connectivity index (χ1v) is 11.4. The number of likely N-dealkylation sites (tertiary alicyclic amines) is 1. The van der Waals surface area contributed by atoms with Crippen LogP contribution in [0.5, 0.6) is 0 Å². The molecule has 160 valence electrons. The fourth-order valence-corrected chi connectivity index (χ4v) is 5.20. The summed E-state index contributed by atoms with van der Waals surface area (Å²) in [4.78, 5) is 25.6. The number of anilines is 1. The number of halogens is 1. The lowest BCUT2D eigenvalue weighted by atomic mass is 9.96. The molecule has 2 aromatic rings. The SMILES string of the molecule is Cc1cc(C)cc(NS(=O)(=O)c2cc(C(=O)N3CCC(C(N)=O)CC3)ccc2Cl)c1. The molecule has 1 heterocycles. The number of amides is 2. The Bertz CT molecular complexity index is 1070. The van der Waals surface area contributed by atoms with Crippen molar-refractivity contribution < 1.29 is 18.0 Å². The minimum atomic E-state index is -4.00. The first-order chi connectivity index (χ1) is 14.1. The van der Waals surface area contributed by atoms with Crippen LogP contribution >= 0.6 is 11.6 Å². The third-order valence-corrected chi connectivity index (χ3v) is 6.99. The second kappa shape index (κ2) is 8.65. The third-order valence-electron chi connectivity index (χ3n) is 5.13. The Balaban J connectivity index is 1.84. The molecule has 2 amide bonds. The molecule has 0 spiro atoms. The number of sulfonamides is 1. The summed E-state index contributed by atoms with van der Waals surface area (Å²) in [7, 11) is -4.00. The summed E-state index contributed by atoms with van der Waals surface area (Å²) in [6.45, 7) is 4.52. The molecule has 9 heteroatoms. The van der Waals surface area contributed by atoms with E-state index < -0.39 is 10.0 Å². The van der Waals surface area contributed by atoms with Gasteiger partial charge in [-0.05, 0) is 68.1 Å². The molecule has 1 fully saturated rings. The summed E-state index contributed by atoms with van der Waals surface area (Å²) < 4.78 is 28.4. The molecule has 3 rings (SSSR count). The maximum atomic E-state index is 12.9. The molecule has 1 aliphatic rings. The zero-order valence-electron chi connectivity index (χ0n) is 16.8. The summed E-state index contributed by atoms with van der Waals surface area (Å²) in [6, 6.07) is 9.57. The highest BCUT2D eigenvalue weighted by Crippen LogP contribution is 2.27. The quantitative estimate of drug-likeness (QED) is 0.730. The number of hydrogen-bond acceptors (Lipinski definition) is 4. The fraction of sp³-hybridized carbons (Fsp3) is 0.333. The maximum absolute atomic E-state index is 12.9. The molecular weight excluding hydrogens is 426 g/mol. The number of hydrogen-bond donors (Lipinski definition) is 2. The number of benzene rings is 2. The predicted molar refractivity (Wildman–Crippen MR) is 116 cm³/mol. The average Bonchev–Trinajstić information content (AvgIpc) is 2.66. The molecule has 0 saturated carbocycles. The number of nitrogens with zero attached hydrogens (tertiary/aromatic N) is 1. The van der Waals surface area contributed by atoms with Crippen LogP contribution in [0.1, 0.15) is 34.3 Å². The Hall–Kier alpha value is -2.58. The number of nitrogens with two attached hydrogens (primary N) is 1. The van der Waals surface area contributed by atoms with Crippen LogP contribution in [0.3, 0.4) is 0 Å². The van der Waals surface area contributed by atoms with Gasteiger partial charge in [-0.15, -0.1) is 0 Å². The van der Waals surface area contributed by atoms with Gasteiger partial charge in [-0.1, -0.05) is 17.7 Å². The number of rotatable bonds is 5. The molecule has 0 aliphatic carbocycles. The standard InChI is InChI=1S/C21H24ClN3O4S/c1-13-9-14(2)11-17(10-13)24-30(28,29)19-12-16(3-4-18(19)22)21(27)25-7-5-15(6-8-25)20(23)26/h3-4,9-12,15,24H,5-8H2,1-2H3,(H2,23,26). The van der Waals surface area contributed by atoms with E-state index in [4.69, 9.17) is 17.3 Å². The van der Waals surface area contributed by atoms with E-state index in [1.54, 1.807) is 17.0 Å². The van der Waals surface area contributed by atoms with Crippen molar-refractivity contribution in [2.24, 2.45) is 11.7 Å². The van der Waals surface area contributed by atoms with Crippen molar-refractivity contribution >= 4 is 39.1 Å². The van der Waals surface area contributed by atoms with E-state index in [9.17, 15) is 18.0 Å². The summed E-state index contributed by atoms with van der Waals surface area (Å²) >= 11 is 6.16. The van der Waals surface area contributed by atoms with E-state index in [1.165, 1.54) is 18.2 Å². The van der Waals surface area contributed by atoms with E-state index in [0.29, 0.717) is 31.6 Å². The van der Waals surface area contributed by atoms with Crippen molar-refractivity contribution in [1.82, 2.24) is 4.90 Å². The molecule has 7 nitrogen and oxygen atoms in total. The number of carbonyl (C=O) groups excluding carboxylic acids is 2. The highest BCUT2D eigenvalue weighted by molar-refractivity contribution is 7.92. The van der Waals surface area contributed by atoms with Crippen LogP contribution in [-0.4, -0.2) is 38.2 Å². The van der Waals surface area contributed by atoms with Gasteiger partial charge >= 0.3 is 0 Å². The predicted octanol–water partition coefficient (Wildman–Crippen LogP) is 3.10. The van der Waals surface area contributed by atoms with Crippen LogP contribution in [0.4, 0.5) is 5.69 Å². The minimum Gasteiger partial charge on any atom is -0.369 e. The van der Waals surface area contributed by atoms with Crippen molar-refractivity contribution in [1.29, 1.82) is 0 Å². The molecule has 0 atom stereocenters. The van der Waals surface area contributed by atoms with E-state index >= 15 is 0 Å². The Morgan fingerprint density at radius 2 is 1.67 bits per heavy atom. The first-order valence-electron chi connectivity index (χ1n) is 9.56. The highest BCUT2D eigenvalue weighted by atomic mass is 35.5. The molecule has 1 saturated heterocycles. The van der Waals surface area contributed by atoms with E-state index in [1.807, 2.05) is 19.9 Å². The number of primary amides is 1. The summed E-state index contributed by atoms with van der Waals surface area (Å²) in [5.74, 6) is -0.908. The van der Waals surface area contributed by atoms with Gasteiger partial charge in [0.15, 0.2) is 0 Å². The first kappa shape index (κ1) is 22.1. The molecule has 0 bridgehead atoms. The molecular formula is C21H24ClN3O4S. The normalized spacial score (nSPS) is 15.1. The topological polar surface area (TPSA) is 110 Å². The molecule has 2 aromatic carbocycles. The Kier molecular flexibility index (Phi) is 6.38. The summed E-state index contributed by atoms with van der Waals surface area (Å²) in [5, 5.41) is 0.0239. The van der Waals surface area contributed by atoms with Gasteiger partial charge in [0.05, 0.1) is 5.02 Å². The van der Waals surface area contributed by atoms with Gasteiger partial charge < -0.3 is 10.6 Å². The van der Waals surface area contributed by atoms with E-state index in [-0.39, 0.29) is 33.2 Å². The van der Waals surface area contributed by atoms with Crippen LogP contribution in [0.25, 0.3) is 0 Å². The third kappa shape index (κ3) is 4.94. The number of piperidine rings is 1. The zero-order valence-corrected chi connectivity index (χ0v) is 18.4. The lowest BCUT2D eigenvalue weighted by Crippen LogP contribution is -2.41. The number of carbonyl (C=O) groups is 2. The number of aryl methyl sites for hydroxylation is 2. The van der Waals surface area contributed by atoms with Gasteiger partial charge in [0.2, 0.25) is 5.91 Å². The Labute approximate surface area is 181 Å². The van der Waals surface area contributed by atoms with Crippen molar-refractivity contribution in [2.75, 3.05) is 17.8 Å². The lowest BCUT2D eigenvalue weighted by molar-refractivity contribution is -0.123. The molecule has 0 radical (unpaired) electrons. The maximum Gasteiger partial charge on any atom is 0.263 e. The Morgan fingerprint density at radius 1 is 1.07 bits per heavy atom. The van der Waals surface area contributed by atoms with Gasteiger partial charge in [0.25, 0.3) is 15.9 Å². The molecule has 1 aliphatic heterocycles. The van der Waals surface area contributed by atoms with Crippen molar-refractivity contribution in [3.63, 3.8) is 0 Å². The van der Waals surface area contributed by atoms with Gasteiger partial charge in [0, 0.05) is 30.3 Å². The minimum absolute atomic E-state index is 0.0239. The van der Waals surface area contributed by atoms with Crippen LogP contribution in [-0.2, 0) is 14.8 Å². The van der Waals surface area contributed by atoms with Crippen molar-refractivity contribution in [3.8, 4) is 0 Å². The largest absolute Gasteiger partial charge is 0.369 e. The molecule has 0 aromatic heterocycles. The van der Waals surface area contributed by atoms with Gasteiger partial charge in [-0.25, -0.2) is 8.42 Å². The summed E-state index contributed by atoms with van der Waals surface area (Å²) in [5.41, 5.74) is 7.82. The van der Waals surface area contributed by atoms with Crippen molar-refractivity contribution in [2.45, 2.75) is 31.6 Å². The fourth-order valence-electron chi connectivity index (χ4n) is 3.64. The summed E-state index contributed by atoms with van der Waals surface area (Å²) in [6.07, 6.45) is 0.988. The van der Waals surface area contributed by atoms with Gasteiger partial charge in [-0.3, -0.25) is 14.3 Å². The van der Waals surface area contributed by atoms with Gasteiger partial charge in [0.1, 0.15) is 4.90 Å². The smallest absolute Gasteiger partial charge is 0.263 e. The Morgan fingerprint density at radius 3 is 2.23 bits per heavy atom. The van der Waals surface area contributed by atoms with E-state index in [0.717, 1.165) is 11.1 Å². The lowest BCUT2D eigenvalue weighted by Gasteiger charge is -2.30. The molecule has 3 N–H and O–H groups in total. The highest BCUT2D eigenvalue weighted by Gasteiger charge is 2.28. The number of nitrogens with one attached hydrogen (secondary N) is 1. The second-order valence-electron chi connectivity index (χ2n) is 7.60. The second-order valence-corrected chi connectivity index (χ2v) is 9.65.